The molecule has 0 aliphatic rings. The Morgan fingerprint density at radius 1 is 1.06 bits per heavy atom. The van der Waals surface area contributed by atoms with Crippen molar-refractivity contribution >= 4 is 0 Å². The number of nitrogens with zero attached hydrogens (tertiary/aromatic N) is 3. The Balaban J connectivity index is 0. The Hall–Kier alpha value is -1.65. The van der Waals surface area contributed by atoms with E-state index in [1.165, 1.54) is 6.39 Å². The highest BCUT2D eigenvalue weighted by atomic mass is 16.5. The van der Waals surface area contributed by atoms with E-state index in [9.17, 15) is 0 Å². The summed E-state index contributed by atoms with van der Waals surface area (Å²) in [7, 11) is 0. The molecule has 0 atom stereocenters. The topological polar surface area (TPSA) is 65.0 Å². The molecule has 0 saturated heterocycles. The molecule has 16 heavy (non-hydrogen) atoms. The SMILES string of the molecule is CC.CC.Cc1ccon1.Cc1nnco1. The highest BCUT2D eigenvalue weighted by Gasteiger charge is 1.79. The molecule has 92 valence electrons. The van der Waals surface area contributed by atoms with Crippen LogP contribution in [0.5, 0.6) is 0 Å². The molecule has 0 radical (unpaired) electrons. The van der Waals surface area contributed by atoms with Gasteiger partial charge in [-0.25, -0.2) is 0 Å². The van der Waals surface area contributed by atoms with Gasteiger partial charge in [-0.05, 0) is 6.92 Å². The Morgan fingerprint density at radius 3 is 1.81 bits per heavy atom. The van der Waals surface area contributed by atoms with Crippen LogP contribution in [0.2, 0.25) is 0 Å². The smallest absolute Gasteiger partial charge is 0.213 e. The van der Waals surface area contributed by atoms with Crippen LogP contribution in [-0.2, 0) is 0 Å². The van der Waals surface area contributed by atoms with Crippen LogP contribution in [0, 0.1) is 13.8 Å². The first kappa shape index (κ1) is 16.8. The van der Waals surface area contributed by atoms with Crippen molar-refractivity contribution < 1.29 is 8.94 Å². The number of hydrogen-bond acceptors (Lipinski definition) is 5. The van der Waals surface area contributed by atoms with Gasteiger partial charge in [0, 0.05) is 13.0 Å². The predicted molar refractivity (Wildman–Crippen MR) is 63.0 cm³/mol. The zero-order valence-electron chi connectivity index (χ0n) is 10.9. The molecule has 0 amide bonds. The van der Waals surface area contributed by atoms with Crippen molar-refractivity contribution in [3.05, 3.63) is 30.3 Å². The third-order valence-corrected chi connectivity index (χ3v) is 1.04. The van der Waals surface area contributed by atoms with Crippen molar-refractivity contribution in [1.82, 2.24) is 15.4 Å². The molecule has 0 aliphatic carbocycles. The second kappa shape index (κ2) is 13.4. The van der Waals surface area contributed by atoms with Gasteiger partial charge in [-0.1, -0.05) is 32.9 Å². The lowest BCUT2D eigenvalue weighted by Crippen LogP contribution is -1.65. The average Bonchev–Trinajstić information content (AvgIpc) is 2.98. The molecular formula is C11H21N3O2. The Bertz CT molecular complexity index is 259. The van der Waals surface area contributed by atoms with Gasteiger partial charge in [-0.2, -0.15) is 0 Å². The van der Waals surface area contributed by atoms with Gasteiger partial charge in [0.25, 0.3) is 0 Å². The molecule has 0 fully saturated rings. The second-order valence-corrected chi connectivity index (χ2v) is 2.10. The van der Waals surface area contributed by atoms with Gasteiger partial charge >= 0.3 is 0 Å². The molecule has 0 N–H and O–H groups in total. The van der Waals surface area contributed by atoms with E-state index in [1.807, 2.05) is 34.6 Å². The van der Waals surface area contributed by atoms with E-state index in [2.05, 4.69) is 24.3 Å². The fraction of sp³-hybridized carbons (Fsp3) is 0.545. The molecule has 0 saturated carbocycles. The van der Waals surface area contributed by atoms with Crippen molar-refractivity contribution in [3.8, 4) is 0 Å². The van der Waals surface area contributed by atoms with Crippen LogP contribution in [0.4, 0.5) is 0 Å². The summed E-state index contributed by atoms with van der Waals surface area (Å²) < 4.78 is 9.08. The average molecular weight is 227 g/mol. The first-order valence-electron chi connectivity index (χ1n) is 5.39. The minimum Gasteiger partial charge on any atom is -0.428 e. The van der Waals surface area contributed by atoms with E-state index in [1.54, 1.807) is 19.3 Å². The molecule has 2 aromatic heterocycles. The summed E-state index contributed by atoms with van der Waals surface area (Å²) in [5.41, 5.74) is 0.926. The number of aromatic nitrogens is 3. The summed E-state index contributed by atoms with van der Waals surface area (Å²) in [5.74, 6) is 0.606. The molecule has 2 aromatic rings. The minimum absolute atomic E-state index is 0.606. The summed E-state index contributed by atoms with van der Waals surface area (Å²) in [6.45, 7) is 11.6. The quantitative estimate of drug-likeness (QED) is 0.690. The summed E-state index contributed by atoms with van der Waals surface area (Å²) in [6, 6.07) is 1.81. The van der Waals surface area contributed by atoms with Crippen molar-refractivity contribution in [1.29, 1.82) is 0 Å². The first-order valence-corrected chi connectivity index (χ1v) is 5.39. The Labute approximate surface area is 96.9 Å². The Kier molecular flexibility index (Phi) is 14.0. The van der Waals surface area contributed by atoms with Gasteiger partial charge in [0.2, 0.25) is 12.3 Å². The maximum atomic E-state index is 4.61. The lowest BCUT2D eigenvalue weighted by atomic mass is 10.5. The molecule has 5 heteroatoms. The van der Waals surface area contributed by atoms with Crippen LogP contribution in [0.15, 0.2) is 27.7 Å². The third-order valence-electron chi connectivity index (χ3n) is 1.04. The molecule has 2 rings (SSSR count). The number of aryl methyl sites for hydroxylation is 2. The monoisotopic (exact) mass is 227 g/mol. The molecule has 5 nitrogen and oxygen atoms in total. The highest BCUT2D eigenvalue weighted by Crippen LogP contribution is 1.86. The van der Waals surface area contributed by atoms with Crippen LogP contribution >= 0.6 is 0 Å². The number of rotatable bonds is 0. The lowest BCUT2D eigenvalue weighted by Gasteiger charge is -1.63. The van der Waals surface area contributed by atoms with Crippen molar-refractivity contribution in [2.24, 2.45) is 0 Å². The summed E-state index contributed by atoms with van der Waals surface area (Å²) >= 11 is 0. The van der Waals surface area contributed by atoms with E-state index < -0.39 is 0 Å². The van der Waals surface area contributed by atoms with Crippen LogP contribution in [0.1, 0.15) is 39.3 Å². The molecule has 0 unspecified atom stereocenters. The fourth-order valence-corrected chi connectivity index (χ4v) is 0.501. The normalized spacial score (nSPS) is 7.38. The van der Waals surface area contributed by atoms with Gasteiger partial charge in [0.1, 0.15) is 6.26 Å². The van der Waals surface area contributed by atoms with Gasteiger partial charge < -0.3 is 8.94 Å². The van der Waals surface area contributed by atoms with Crippen LogP contribution in [-0.4, -0.2) is 15.4 Å². The minimum atomic E-state index is 0.606. The van der Waals surface area contributed by atoms with E-state index >= 15 is 0 Å². The summed E-state index contributed by atoms with van der Waals surface area (Å²) in [5, 5.41) is 10.4. The zero-order valence-corrected chi connectivity index (χ0v) is 10.9. The largest absolute Gasteiger partial charge is 0.428 e. The van der Waals surface area contributed by atoms with Crippen LogP contribution < -0.4 is 0 Å². The first-order chi connectivity index (χ1) is 7.79. The van der Waals surface area contributed by atoms with E-state index in [4.69, 9.17) is 0 Å². The molecule has 0 bridgehead atoms. The molecular weight excluding hydrogens is 206 g/mol. The maximum absolute atomic E-state index is 4.61. The van der Waals surface area contributed by atoms with E-state index in [-0.39, 0.29) is 0 Å². The van der Waals surface area contributed by atoms with E-state index in [0.717, 1.165) is 5.69 Å². The number of hydrogen-bond donors (Lipinski definition) is 0. The van der Waals surface area contributed by atoms with Gasteiger partial charge in [-0.15, -0.1) is 10.2 Å². The lowest BCUT2D eigenvalue weighted by molar-refractivity contribution is 0.415. The summed E-state index contributed by atoms with van der Waals surface area (Å²) in [6.07, 6.45) is 2.85. The van der Waals surface area contributed by atoms with Crippen molar-refractivity contribution in [3.63, 3.8) is 0 Å². The molecule has 0 spiro atoms. The van der Waals surface area contributed by atoms with Crippen molar-refractivity contribution in [2.45, 2.75) is 41.5 Å². The fourth-order valence-electron chi connectivity index (χ4n) is 0.501. The third kappa shape index (κ3) is 10.4. The maximum Gasteiger partial charge on any atom is 0.213 e. The van der Waals surface area contributed by atoms with Gasteiger partial charge in [-0.3, -0.25) is 0 Å². The highest BCUT2D eigenvalue weighted by molar-refractivity contribution is 4.89. The molecule has 2 heterocycles. The van der Waals surface area contributed by atoms with Gasteiger partial charge in [0.15, 0.2) is 0 Å². The zero-order chi connectivity index (χ0) is 12.8. The van der Waals surface area contributed by atoms with Crippen LogP contribution in [0.3, 0.4) is 0 Å². The standard InChI is InChI=1S/C4H5NO.C3H4N2O.2C2H6/c1-4-2-3-6-5-4;1-3-5-4-2-6-3;2*1-2/h2-3H,1H3;2H,1H3;2*1-2H3. The van der Waals surface area contributed by atoms with Crippen LogP contribution in [0.25, 0.3) is 0 Å². The van der Waals surface area contributed by atoms with Gasteiger partial charge in [0.05, 0.1) is 5.69 Å². The Morgan fingerprint density at radius 2 is 1.69 bits per heavy atom. The predicted octanol–water partition coefficient (Wildman–Crippen LogP) is 3.41. The molecule has 0 aliphatic heterocycles. The van der Waals surface area contributed by atoms with Crippen molar-refractivity contribution in [2.75, 3.05) is 0 Å². The summed E-state index contributed by atoms with van der Waals surface area (Å²) in [4.78, 5) is 0. The van der Waals surface area contributed by atoms with E-state index in [0.29, 0.717) is 5.89 Å². The second-order valence-electron chi connectivity index (χ2n) is 2.10. The molecule has 0 aromatic carbocycles.